The van der Waals surface area contributed by atoms with Crippen molar-refractivity contribution in [3.05, 3.63) is 53.1 Å². The third-order valence-corrected chi connectivity index (χ3v) is 5.40. The molecule has 2 N–H and O–H groups in total. The lowest BCUT2D eigenvalue weighted by Gasteiger charge is -2.34. The maximum atomic E-state index is 12.1. The molecule has 0 bridgehead atoms. The number of thiazole rings is 1. The molecular weight excluding hydrogens is 398 g/mol. The summed E-state index contributed by atoms with van der Waals surface area (Å²) in [6, 6.07) is 9.44. The number of benzene rings is 1. The van der Waals surface area contributed by atoms with E-state index in [1.54, 1.807) is 17.1 Å². The molecule has 4 rings (SSSR count). The van der Waals surface area contributed by atoms with Gasteiger partial charge in [0.25, 0.3) is 5.89 Å². The summed E-state index contributed by atoms with van der Waals surface area (Å²) in [6.45, 7) is 1.52. The van der Waals surface area contributed by atoms with Crippen molar-refractivity contribution in [2.24, 2.45) is 5.73 Å². The first-order chi connectivity index (χ1) is 13.0. The second-order valence-electron chi connectivity index (χ2n) is 6.54. The Kier molecular flexibility index (Phi) is 5.93. The monoisotopic (exact) mass is 417 g/mol. The van der Waals surface area contributed by atoms with Gasteiger partial charge in [0.2, 0.25) is 5.91 Å². The minimum Gasteiger partial charge on any atom is -0.335 e. The number of amides is 1. The number of nitrogens with two attached hydrogens (primary N) is 1. The van der Waals surface area contributed by atoms with E-state index >= 15 is 0 Å². The summed E-state index contributed by atoms with van der Waals surface area (Å²) in [5.74, 6) is 0.850. The molecule has 0 unspecified atom stereocenters. The Morgan fingerprint density at radius 1 is 1.25 bits per heavy atom. The Bertz CT molecular complexity index is 981. The molecule has 7 nitrogen and oxygen atoms in total. The van der Waals surface area contributed by atoms with Crippen molar-refractivity contribution in [2.45, 2.75) is 31.7 Å². The number of para-hydroxylation sites is 1. The lowest BCUT2D eigenvalue weighted by atomic mass is 9.77. The molecule has 1 saturated carbocycles. The van der Waals surface area contributed by atoms with Crippen LogP contribution in [0.1, 0.15) is 43.6 Å². The summed E-state index contributed by atoms with van der Waals surface area (Å²) in [5.41, 5.74) is 7.26. The molecule has 1 aliphatic rings. The second-order valence-corrected chi connectivity index (χ2v) is 7.38. The molecule has 1 fully saturated rings. The number of anilines is 2. The summed E-state index contributed by atoms with van der Waals surface area (Å²) < 4.78 is 5.25. The van der Waals surface area contributed by atoms with Crippen LogP contribution in [0.15, 0.2) is 40.2 Å². The standard InChI is InChI=1S/C19H19N5O2S.ClH/c1-13(25)24(15-6-3-2-4-7-15)18-21-14(12-27-18)8-9-16-22-17(23-26-16)19(20)10-5-11-19;/h2-4,6-9,12H,5,10-11,20H2,1H3;1H/b9-8+;. The first-order valence-electron chi connectivity index (χ1n) is 8.68. The fraction of sp³-hybridized carbons (Fsp3) is 0.263. The summed E-state index contributed by atoms with van der Waals surface area (Å²) in [5, 5.41) is 6.47. The third-order valence-electron chi connectivity index (χ3n) is 4.56. The number of rotatable bonds is 5. The predicted octanol–water partition coefficient (Wildman–Crippen LogP) is 4.14. The van der Waals surface area contributed by atoms with Crippen molar-refractivity contribution >= 4 is 52.6 Å². The van der Waals surface area contributed by atoms with Crippen molar-refractivity contribution in [3.8, 4) is 0 Å². The van der Waals surface area contributed by atoms with Crippen LogP contribution in [0.25, 0.3) is 12.2 Å². The fourth-order valence-corrected chi connectivity index (χ4v) is 3.76. The van der Waals surface area contributed by atoms with Gasteiger partial charge in [0, 0.05) is 18.4 Å². The molecule has 9 heteroatoms. The molecule has 28 heavy (non-hydrogen) atoms. The zero-order valence-electron chi connectivity index (χ0n) is 15.2. The average Bonchev–Trinajstić information content (AvgIpc) is 3.28. The first-order valence-corrected chi connectivity index (χ1v) is 9.55. The van der Waals surface area contributed by atoms with Crippen molar-refractivity contribution in [1.29, 1.82) is 0 Å². The minimum absolute atomic E-state index is 0. The highest BCUT2D eigenvalue weighted by molar-refractivity contribution is 7.14. The maximum Gasteiger partial charge on any atom is 0.250 e. The van der Waals surface area contributed by atoms with E-state index in [-0.39, 0.29) is 18.3 Å². The normalized spacial score (nSPS) is 15.1. The fourth-order valence-electron chi connectivity index (χ4n) is 2.90. The van der Waals surface area contributed by atoms with Gasteiger partial charge >= 0.3 is 0 Å². The van der Waals surface area contributed by atoms with Gasteiger partial charge in [0.05, 0.1) is 16.9 Å². The number of carbonyl (C=O) groups excluding carboxylic acids is 1. The van der Waals surface area contributed by atoms with Crippen LogP contribution in [0.2, 0.25) is 0 Å². The highest BCUT2D eigenvalue weighted by atomic mass is 35.5. The van der Waals surface area contributed by atoms with Crippen molar-refractivity contribution in [3.63, 3.8) is 0 Å². The van der Waals surface area contributed by atoms with Gasteiger partial charge in [-0.25, -0.2) is 4.98 Å². The molecule has 1 amide bonds. The zero-order valence-corrected chi connectivity index (χ0v) is 16.9. The Hall–Kier alpha value is -2.55. The van der Waals surface area contributed by atoms with Gasteiger partial charge in [-0.2, -0.15) is 4.98 Å². The number of hydrogen-bond acceptors (Lipinski definition) is 7. The van der Waals surface area contributed by atoms with Gasteiger partial charge in [-0.05, 0) is 37.5 Å². The van der Waals surface area contributed by atoms with Gasteiger partial charge in [-0.3, -0.25) is 9.69 Å². The third kappa shape index (κ3) is 3.99. The van der Waals surface area contributed by atoms with Gasteiger partial charge in [-0.1, -0.05) is 23.4 Å². The SMILES string of the molecule is CC(=O)N(c1ccccc1)c1nc(/C=C/c2nc(C3(N)CCC3)no2)cs1.Cl. The predicted molar refractivity (Wildman–Crippen MR) is 112 cm³/mol. The van der Waals surface area contributed by atoms with Gasteiger partial charge < -0.3 is 10.3 Å². The van der Waals surface area contributed by atoms with E-state index in [9.17, 15) is 4.79 Å². The van der Waals surface area contributed by atoms with E-state index in [0.29, 0.717) is 22.5 Å². The van der Waals surface area contributed by atoms with E-state index < -0.39 is 5.54 Å². The number of aromatic nitrogens is 3. The summed E-state index contributed by atoms with van der Waals surface area (Å²) in [4.78, 5) is 22.6. The van der Waals surface area contributed by atoms with Crippen LogP contribution in [-0.4, -0.2) is 21.0 Å². The lowest BCUT2D eigenvalue weighted by Crippen LogP contribution is -2.44. The molecule has 146 valence electrons. The van der Waals surface area contributed by atoms with Crippen molar-refractivity contribution in [1.82, 2.24) is 15.1 Å². The Morgan fingerprint density at radius 3 is 2.64 bits per heavy atom. The van der Waals surface area contributed by atoms with Gasteiger partial charge in [0.1, 0.15) is 0 Å². The molecule has 2 heterocycles. The molecule has 1 aromatic carbocycles. The number of carbonyl (C=O) groups is 1. The Labute approximate surface area is 172 Å². The summed E-state index contributed by atoms with van der Waals surface area (Å²) in [6.07, 6.45) is 6.34. The highest BCUT2D eigenvalue weighted by Gasteiger charge is 2.38. The zero-order chi connectivity index (χ0) is 18.9. The topological polar surface area (TPSA) is 98.1 Å². The number of hydrogen-bond donors (Lipinski definition) is 1. The molecular formula is C19H20ClN5O2S. The summed E-state index contributed by atoms with van der Waals surface area (Å²) in [7, 11) is 0. The molecule has 2 aromatic heterocycles. The Morgan fingerprint density at radius 2 is 2.00 bits per heavy atom. The first kappa shape index (κ1) is 20.2. The molecule has 0 saturated heterocycles. The van der Waals surface area contributed by atoms with Crippen LogP contribution in [0, 0.1) is 0 Å². The van der Waals surface area contributed by atoms with Crippen LogP contribution >= 0.6 is 23.7 Å². The lowest BCUT2D eigenvalue weighted by molar-refractivity contribution is -0.115. The smallest absolute Gasteiger partial charge is 0.250 e. The second kappa shape index (κ2) is 8.22. The Balaban J connectivity index is 0.00000225. The van der Waals surface area contributed by atoms with Gasteiger partial charge in [0.15, 0.2) is 11.0 Å². The largest absolute Gasteiger partial charge is 0.335 e. The van der Waals surface area contributed by atoms with Crippen LogP contribution in [0.3, 0.4) is 0 Å². The average molecular weight is 418 g/mol. The van der Waals surface area contributed by atoms with Crippen LogP contribution in [0.5, 0.6) is 0 Å². The molecule has 0 spiro atoms. The molecule has 0 aliphatic heterocycles. The van der Waals surface area contributed by atoms with Crippen molar-refractivity contribution in [2.75, 3.05) is 4.90 Å². The quantitative estimate of drug-likeness (QED) is 0.669. The van der Waals surface area contributed by atoms with Crippen LogP contribution in [-0.2, 0) is 10.3 Å². The molecule has 0 radical (unpaired) electrons. The highest BCUT2D eigenvalue weighted by Crippen LogP contribution is 2.37. The number of halogens is 1. The molecule has 3 aromatic rings. The van der Waals surface area contributed by atoms with E-state index in [0.717, 1.165) is 24.9 Å². The van der Waals surface area contributed by atoms with Crippen molar-refractivity contribution < 1.29 is 9.32 Å². The van der Waals surface area contributed by atoms with E-state index in [4.69, 9.17) is 10.3 Å². The maximum absolute atomic E-state index is 12.1. The summed E-state index contributed by atoms with van der Waals surface area (Å²) >= 11 is 1.39. The minimum atomic E-state index is -0.443. The molecule has 1 aliphatic carbocycles. The van der Waals surface area contributed by atoms with E-state index in [1.165, 1.54) is 18.3 Å². The van der Waals surface area contributed by atoms with Gasteiger partial charge in [-0.15, -0.1) is 23.7 Å². The van der Waals surface area contributed by atoms with Crippen LogP contribution < -0.4 is 10.6 Å². The van der Waals surface area contributed by atoms with E-state index in [2.05, 4.69) is 15.1 Å². The molecule has 0 atom stereocenters. The van der Waals surface area contributed by atoms with Crippen LogP contribution in [0.4, 0.5) is 10.8 Å². The van der Waals surface area contributed by atoms with E-state index in [1.807, 2.05) is 35.7 Å². The number of nitrogens with zero attached hydrogens (tertiary/aromatic N) is 4.